The molecule has 0 aliphatic carbocycles. The molecule has 0 fully saturated rings. The Morgan fingerprint density at radius 1 is 1.45 bits per heavy atom. The number of nitrogens with zero attached hydrogens (tertiary/aromatic N) is 2. The summed E-state index contributed by atoms with van der Waals surface area (Å²) in [4.78, 5) is 23.1. The van der Waals surface area contributed by atoms with Crippen molar-refractivity contribution >= 4 is 0 Å². The predicted molar refractivity (Wildman–Crippen MR) is 76.4 cm³/mol. The summed E-state index contributed by atoms with van der Waals surface area (Å²) in [6.07, 6.45) is 1.69. The van der Waals surface area contributed by atoms with Crippen LogP contribution in [0.5, 0.6) is 0 Å². The molecule has 6 nitrogen and oxygen atoms in total. The van der Waals surface area contributed by atoms with Crippen molar-refractivity contribution in [3.63, 3.8) is 0 Å². The largest absolute Gasteiger partial charge is 0.383 e. The Hall–Kier alpha value is -2.05. The first-order chi connectivity index (χ1) is 9.70. The van der Waals surface area contributed by atoms with Gasteiger partial charge in [-0.1, -0.05) is 6.07 Å². The van der Waals surface area contributed by atoms with E-state index in [0.717, 1.165) is 5.56 Å². The zero-order valence-corrected chi connectivity index (χ0v) is 11.6. The Morgan fingerprint density at radius 3 is 3.05 bits per heavy atom. The van der Waals surface area contributed by atoms with Gasteiger partial charge in [0.25, 0.3) is 5.56 Å². The fourth-order valence-electron chi connectivity index (χ4n) is 1.83. The molecule has 20 heavy (non-hydrogen) atoms. The lowest BCUT2D eigenvalue weighted by Crippen LogP contribution is -2.21. The van der Waals surface area contributed by atoms with E-state index in [1.165, 1.54) is 6.07 Å². The number of H-pyrrole nitrogens is 1. The SMILES string of the molecule is COCCNCc1cc(=O)[nH]c(-c2ncccc2C)n1. The highest BCUT2D eigenvalue weighted by Crippen LogP contribution is 2.14. The second-order valence-electron chi connectivity index (χ2n) is 4.42. The minimum absolute atomic E-state index is 0.177. The topological polar surface area (TPSA) is 79.9 Å². The normalized spacial score (nSPS) is 10.7. The Balaban J connectivity index is 2.21. The molecule has 2 aromatic heterocycles. The van der Waals surface area contributed by atoms with E-state index in [0.29, 0.717) is 36.9 Å². The van der Waals surface area contributed by atoms with E-state index < -0.39 is 0 Å². The van der Waals surface area contributed by atoms with Gasteiger partial charge in [0, 0.05) is 32.5 Å². The van der Waals surface area contributed by atoms with Crippen LogP contribution in [0, 0.1) is 6.92 Å². The van der Waals surface area contributed by atoms with Crippen LogP contribution in [-0.2, 0) is 11.3 Å². The summed E-state index contributed by atoms with van der Waals surface area (Å²) in [5.41, 5.74) is 2.18. The molecule has 0 aromatic carbocycles. The van der Waals surface area contributed by atoms with E-state index in [1.54, 1.807) is 13.3 Å². The van der Waals surface area contributed by atoms with Crippen LogP contribution >= 0.6 is 0 Å². The van der Waals surface area contributed by atoms with Gasteiger partial charge in [-0.2, -0.15) is 0 Å². The third-order valence-electron chi connectivity index (χ3n) is 2.82. The van der Waals surface area contributed by atoms with Crippen molar-refractivity contribution < 1.29 is 4.74 Å². The van der Waals surface area contributed by atoms with Crippen molar-refractivity contribution in [2.45, 2.75) is 13.5 Å². The molecule has 0 radical (unpaired) electrons. The van der Waals surface area contributed by atoms with Crippen LogP contribution < -0.4 is 10.9 Å². The lowest BCUT2D eigenvalue weighted by molar-refractivity contribution is 0.199. The number of methoxy groups -OCH3 is 1. The first kappa shape index (κ1) is 14.4. The van der Waals surface area contributed by atoms with Crippen molar-refractivity contribution in [3.05, 3.63) is 46.0 Å². The summed E-state index contributed by atoms with van der Waals surface area (Å²) in [5.74, 6) is 0.499. The zero-order chi connectivity index (χ0) is 14.4. The highest BCUT2D eigenvalue weighted by atomic mass is 16.5. The van der Waals surface area contributed by atoms with E-state index in [-0.39, 0.29) is 5.56 Å². The van der Waals surface area contributed by atoms with E-state index in [2.05, 4.69) is 20.3 Å². The van der Waals surface area contributed by atoms with Crippen LogP contribution in [0.1, 0.15) is 11.3 Å². The van der Waals surface area contributed by atoms with Crippen molar-refractivity contribution in [2.75, 3.05) is 20.3 Å². The average Bonchev–Trinajstić information content (AvgIpc) is 2.43. The number of aromatic nitrogens is 3. The summed E-state index contributed by atoms with van der Waals surface area (Å²) >= 11 is 0. The van der Waals surface area contributed by atoms with Crippen molar-refractivity contribution in [3.8, 4) is 11.5 Å². The highest BCUT2D eigenvalue weighted by molar-refractivity contribution is 5.53. The number of rotatable bonds is 6. The molecule has 2 N–H and O–H groups in total. The maximum absolute atomic E-state index is 11.7. The van der Waals surface area contributed by atoms with E-state index in [1.807, 2.05) is 19.1 Å². The lowest BCUT2D eigenvalue weighted by Gasteiger charge is -2.07. The minimum atomic E-state index is -0.177. The first-order valence-corrected chi connectivity index (χ1v) is 6.42. The van der Waals surface area contributed by atoms with Crippen molar-refractivity contribution in [2.24, 2.45) is 0 Å². The van der Waals surface area contributed by atoms with Gasteiger partial charge in [-0.3, -0.25) is 9.78 Å². The average molecular weight is 274 g/mol. The van der Waals surface area contributed by atoms with Crippen LogP contribution in [0.15, 0.2) is 29.2 Å². The summed E-state index contributed by atoms with van der Waals surface area (Å²) in [6.45, 7) is 3.79. The molecule has 6 heteroatoms. The number of pyridine rings is 1. The van der Waals surface area contributed by atoms with Crippen LogP contribution in [-0.4, -0.2) is 35.2 Å². The lowest BCUT2D eigenvalue weighted by atomic mass is 10.2. The van der Waals surface area contributed by atoms with Gasteiger partial charge in [0.1, 0.15) is 5.69 Å². The number of aromatic amines is 1. The van der Waals surface area contributed by atoms with Crippen LogP contribution in [0.25, 0.3) is 11.5 Å². The first-order valence-electron chi connectivity index (χ1n) is 6.42. The molecular weight excluding hydrogens is 256 g/mol. The number of nitrogens with one attached hydrogen (secondary N) is 2. The molecule has 0 aliphatic rings. The Kier molecular flexibility index (Phi) is 4.97. The fourth-order valence-corrected chi connectivity index (χ4v) is 1.83. The molecular formula is C14H18N4O2. The Morgan fingerprint density at radius 2 is 2.30 bits per heavy atom. The quantitative estimate of drug-likeness (QED) is 0.764. The van der Waals surface area contributed by atoms with Gasteiger partial charge in [-0.25, -0.2) is 4.98 Å². The zero-order valence-electron chi connectivity index (χ0n) is 11.6. The molecule has 0 bridgehead atoms. The van der Waals surface area contributed by atoms with E-state index >= 15 is 0 Å². The van der Waals surface area contributed by atoms with Gasteiger partial charge in [0.15, 0.2) is 5.82 Å². The van der Waals surface area contributed by atoms with Crippen LogP contribution in [0.2, 0.25) is 0 Å². The van der Waals surface area contributed by atoms with Gasteiger partial charge in [-0.05, 0) is 18.6 Å². The van der Waals surface area contributed by atoms with E-state index in [4.69, 9.17) is 4.74 Å². The van der Waals surface area contributed by atoms with Crippen LogP contribution in [0.4, 0.5) is 0 Å². The molecule has 0 unspecified atom stereocenters. The molecule has 0 saturated heterocycles. The molecule has 2 aromatic rings. The van der Waals surface area contributed by atoms with Gasteiger partial charge < -0.3 is 15.0 Å². The third kappa shape index (κ3) is 3.72. The fraction of sp³-hybridized carbons (Fsp3) is 0.357. The maximum Gasteiger partial charge on any atom is 0.251 e. The van der Waals surface area contributed by atoms with Gasteiger partial charge in [0.05, 0.1) is 12.3 Å². The predicted octanol–water partition coefficient (Wildman–Crippen LogP) is 0.876. The number of aryl methyl sites for hydroxylation is 1. The van der Waals surface area contributed by atoms with Crippen molar-refractivity contribution in [1.29, 1.82) is 0 Å². The van der Waals surface area contributed by atoms with E-state index in [9.17, 15) is 4.79 Å². The Bertz CT molecular complexity index is 625. The maximum atomic E-state index is 11.7. The summed E-state index contributed by atoms with van der Waals surface area (Å²) < 4.78 is 4.95. The molecule has 0 saturated carbocycles. The highest BCUT2D eigenvalue weighted by Gasteiger charge is 2.07. The second kappa shape index (κ2) is 6.93. The number of ether oxygens (including phenoxy) is 1. The molecule has 0 amide bonds. The molecule has 0 spiro atoms. The monoisotopic (exact) mass is 274 g/mol. The van der Waals surface area contributed by atoms with Gasteiger partial charge in [0.2, 0.25) is 0 Å². The smallest absolute Gasteiger partial charge is 0.251 e. The van der Waals surface area contributed by atoms with Crippen LogP contribution in [0.3, 0.4) is 0 Å². The molecule has 2 heterocycles. The van der Waals surface area contributed by atoms with Gasteiger partial charge in [-0.15, -0.1) is 0 Å². The standard InChI is InChI=1S/C14H18N4O2/c1-10-4-3-5-16-13(10)14-17-11(8-12(19)18-14)9-15-6-7-20-2/h3-5,8,15H,6-7,9H2,1-2H3,(H,17,18,19). The Labute approximate surface area is 117 Å². The third-order valence-corrected chi connectivity index (χ3v) is 2.82. The number of hydrogen-bond donors (Lipinski definition) is 2. The minimum Gasteiger partial charge on any atom is -0.383 e. The number of hydrogen-bond acceptors (Lipinski definition) is 5. The van der Waals surface area contributed by atoms with Gasteiger partial charge >= 0.3 is 0 Å². The summed E-state index contributed by atoms with van der Waals surface area (Å²) in [6, 6.07) is 5.28. The molecule has 2 rings (SSSR count). The second-order valence-corrected chi connectivity index (χ2v) is 4.42. The molecule has 0 aliphatic heterocycles. The molecule has 0 atom stereocenters. The summed E-state index contributed by atoms with van der Waals surface area (Å²) in [5, 5.41) is 3.16. The van der Waals surface area contributed by atoms with Crippen molar-refractivity contribution in [1.82, 2.24) is 20.3 Å². The molecule has 106 valence electrons. The summed E-state index contributed by atoms with van der Waals surface area (Å²) in [7, 11) is 1.65.